The Kier molecular flexibility index (Phi) is 53.8. The molecule has 0 spiro atoms. The largest absolute Gasteiger partial charge is 0.440 e. The van der Waals surface area contributed by atoms with E-state index in [1.54, 1.807) is 22.7 Å². The summed E-state index contributed by atoms with van der Waals surface area (Å²) in [6, 6.07) is 45.2. The van der Waals surface area contributed by atoms with Gasteiger partial charge < -0.3 is 4.42 Å². The Morgan fingerprint density at radius 2 is 0.942 bits per heavy atom. The van der Waals surface area contributed by atoms with E-state index in [1.165, 1.54) is 45.7 Å². The second-order valence-electron chi connectivity index (χ2n) is 18.4. The molecule has 7 heterocycles. The molecule has 86 heavy (non-hydrogen) atoms. The van der Waals surface area contributed by atoms with Crippen LogP contribution in [0.2, 0.25) is 0 Å². The third-order valence-corrected chi connectivity index (χ3v) is 15.8. The molecule has 0 N–H and O–H groups in total. The van der Waals surface area contributed by atoms with E-state index in [2.05, 4.69) is 192 Å². The first-order valence-corrected chi connectivity index (χ1v) is 35.3. The standard InChI is InChI=1S/C12H13N.C10H12N2.C10H11NO.C10H11NS.C10H11NSe.C6H9NS.8C2H6.CH4/c1-9(2)11-8-7-10-5-3-4-6-12(10)13-11;1-8(2)10-7-9-5-3-4-6-12(9)11-10;3*1-7(2)10-11-8-5-3-4-6-9(8)12-10;1-5(2)6-7-3-4-8-6;8*1-2;/h3-9H,1-2H3;3-8H,1-2H3;3*3-7H,1-2H3;3-5H,1-2H3;8*1-2H3;1H4. The van der Waals surface area contributed by atoms with Crippen molar-refractivity contribution in [2.24, 2.45) is 0 Å². The van der Waals surface area contributed by atoms with E-state index < -0.39 is 0 Å². The number of rotatable bonds is 6. The minimum Gasteiger partial charge on any atom is -0.440 e. The van der Waals surface area contributed by atoms with Crippen LogP contribution in [0.5, 0.6) is 0 Å². The van der Waals surface area contributed by atoms with E-state index in [-0.39, 0.29) is 7.43 Å². The molecule has 0 amide bonds. The fourth-order valence-corrected chi connectivity index (χ4v) is 10.2. The van der Waals surface area contributed by atoms with Gasteiger partial charge >= 0.3 is 77.9 Å². The van der Waals surface area contributed by atoms with Gasteiger partial charge in [-0.3, -0.25) is 4.98 Å². The Labute approximate surface area is 540 Å². The van der Waals surface area contributed by atoms with Crippen LogP contribution in [0.15, 0.2) is 156 Å². The summed E-state index contributed by atoms with van der Waals surface area (Å²) in [5, 5.41) is 10.1. The number of benzene rings is 4. The van der Waals surface area contributed by atoms with Crippen molar-refractivity contribution in [1.82, 2.24) is 34.5 Å². The third kappa shape index (κ3) is 31.7. The van der Waals surface area contributed by atoms with Crippen LogP contribution in [-0.4, -0.2) is 49.0 Å². The molecule has 7 aromatic heterocycles. The van der Waals surface area contributed by atoms with Crippen LogP contribution in [0, 0.1) is 0 Å². The van der Waals surface area contributed by atoms with E-state index in [9.17, 15) is 0 Å². The van der Waals surface area contributed by atoms with Crippen molar-refractivity contribution in [3.8, 4) is 0 Å². The number of para-hydroxylation sites is 5. The van der Waals surface area contributed by atoms with Crippen LogP contribution < -0.4 is 0 Å². The summed E-state index contributed by atoms with van der Waals surface area (Å²) in [4.78, 5) is 22.2. The van der Waals surface area contributed by atoms with Gasteiger partial charge in [0.05, 0.1) is 37.0 Å². The summed E-state index contributed by atoms with van der Waals surface area (Å²) in [5.74, 6) is 3.93. The summed E-state index contributed by atoms with van der Waals surface area (Å²) >= 11 is 4.00. The normalized spacial score (nSPS) is 9.47. The molecule has 478 valence electrons. The molecule has 11 heteroatoms. The van der Waals surface area contributed by atoms with Gasteiger partial charge in [0.1, 0.15) is 5.52 Å². The monoisotopic (exact) mass is 1280 g/mol. The Morgan fingerprint density at radius 3 is 1.42 bits per heavy atom. The van der Waals surface area contributed by atoms with Crippen molar-refractivity contribution in [3.63, 3.8) is 0 Å². The van der Waals surface area contributed by atoms with Crippen molar-refractivity contribution in [2.45, 2.75) is 237 Å². The van der Waals surface area contributed by atoms with Crippen molar-refractivity contribution in [1.29, 1.82) is 0 Å². The first kappa shape index (κ1) is 86.6. The molecule has 4 aromatic carbocycles. The predicted molar refractivity (Wildman–Crippen MR) is 393 cm³/mol. The average molecular weight is 1280 g/mol. The Balaban J connectivity index is -0.000000448. The number of fused-ring (bicyclic) bond motifs is 5. The maximum Gasteiger partial charge on any atom is 0.198 e. The molecule has 0 bridgehead atoms. The van der Waals surface area contributed by atoms with Gasteiger partial charge in [0.2, 0.25) is 0 Å². The van der Waals surface area contributed by atoms with Gasteiger partial charge in [-0.2, -0.15) is 5.10 Å². The molecular formula is C75H119N7OS2Se. The number of aromatic nitrogens is 7. The Hall–Kier alpha value is -5.84. The summed E-state index contributed by atoms with van der Waals surface area (Å²) in [6.07, 6.45) is 3.82. The van der Waals surface area contributed by atoms with Gasteiger partial charge in [0.25, 0.3) is 0 Å². The maximum atomic E-state index is 5.52. The molecule has 8 nitrogen and oxygen atoms in total. The summed E-state index contributed by atoms with van der Waals surface area (Å²) in [5.41, 5.74) is 8.73. The van der Waals surface area contributed by atoms with Crippen molar-refractivity contribution >= 4 is 84.7 Å². The number of hydrogen-bond acceptors (Lipinski definition) is 9. The molecule has 0 unspecified atom stereocenters. The first-order chi connectivity index (χ1) is 41.2. The summed E-state index contributed by atoms with van der Waals surface area (Å²) in [6.45, 7) is 57.9. The van der Waals surface area contributed by atoms with Crippen LogP contribution >= 0.6 is 22.7 Å². The van der Waals surface area contributed by atoms with E-state index in [4.69, 9.17) is 4.42 Å². The molecule has 0 saturated heterocycles. The van der Waals surface area contributed by atoms with Gasteiger partial charge in [0, 0.05) is 46.6 Å². The molecule has 0 saturated carbocycles. The van der Waals surface area contributed by atoms with Gasteiger partial charge in [-0.25, -0.2) is 19.5 Å². The molecule has 0 fully saturated rings. The zero-order valence-corrected chi connectivity index (χ0v) is 61.5. The fraction of sp³-hybridized carbons (Fsp3) is 0.467. The predicted octanol–water partition coefficient (Wildman–Crippen LogP) is 25.7. The molecule has 0 radical (unpaired) electrons. The second kappa shape index (κ2) is 53.4. The quantitative estimate of drug-likeness (QED) is 0.153. The van der Waals surface area contributed by atoms with Gasteiger partial charge in [0.15, 0.2) is 11.5 Å². The fourth-order valence-electron chi connectivity index (χ4n) is 6.57. The zero-order chi connectivity index (χ0) is 65.5. The number of oxazole rings is 1. The molecule has 11 rings (SSSR count). The molecular weight excluding hydrogens is 1160 g/mol. The second-order valence-corrected chi connectivity index (χ2v) is 22.6. The number of nitrogens with zero attached hydrogens (tertiary/aromatic N) is 7. The minimum absolute atomic E-state index is 0. The van der Waals surface area contributed by atoms with E-state index in [0.717, 1.165) is 33.7 Å². The SMILES string of the molecule is C.CC.CC.CC.CC.CC.CC.CC.CC.CC(C)c1cc2ccccn2n1.CC(C)c1ccc2ccccc2n1.CC(C)c1nc2ccccc2[se]1.CC(C)c1nc2ccccc2o1.CC(C)c1nc2ccccc2s1.CC(C)c1nccs1. The van der Waals surface area contributed by atoms with Crippen LogP contribution in [0.3, 0.4) is 0 Å². The topological polar surface area (TPSA) is 94.9 Å². The van der Waals surface area contributed by atoms with Gasteiger partial charge in [-0.15, -0.1) is 22.7 Å². The van der Waals surface area contributed by atoms with Crippen LogP contribution in [0.4, 0.5) is 0 Å². The smallest absolute Gasteiger partial charge is 0.198 e. The number of hydrogen-bond donors (Lipinski definition) is 0. The van der Waals surface area contributed by atoms with Gasteiger partial charge in [-0.1, -0.05) is 242 Å². The van der Waals surface area contributed by atoms with Crippen molar-refractivity contribution in [2.75, 3.05) is 0 Å². The maximum absolute atomic E-state index is 5.52. The summed E-state index contributed by atoms with van der Waals surface area (Å²) in [7, 11) is 0. The molecule has 0 aliphatic carbocycles. The molecule has 0 aliphatic heterocycles. The minimum atomic E-state index is 0. The van der Waals surface area contributed by atoms with Gasteiger partial charge in [-0.05, 0) is 66.4 Å². The number of thiazole rings is 2. The molecule has 0 aliphatic rings. The third-order valence-electron chi connectivity index (χ3n) is 10.6. The van der Waals surface area contributed by atoms with Crippen LogP contribution in [0.25, 0.3) is 47.5 Å². The van der Waals surface area contributed by atoms with Crippen molar-refractivity contribution < 1.29 is 4.42 Å². The molecule has 0 atom stereocenters. The van der Waals surface area contributed by atoms with Crippen LogP contribution in [-0.2, 0) is 0 Å². The van der Waals surface area contributed by atoms with E-state index >= 15 is 0 Å². The Bertz CT molecular complexity index is 2790. The number of pyridine rings is 2. The molecule has 11 aromatic rings. The zero-order valence-electron chi connectivity index (χ0n) is 58.2. The first-order valence-electron chi connectivity index (χ1n) is 31.9. The van der Waals surface area contributed by atoms with Crippen molar-refractivity contribution in [3.05, 3.63) is 183 Å². The summed E-state index contributed by atoms with van der Waals surface area (Å²) < 4.78 is 11.5. The van der Waals surface area contributed by atoms with E-state index in [1.807, 2.05) is 188 Å². The van der Waals surface area contributed by atoms with E-state index in [0.29, 0.717) is 50.0 Å². The average Bonchev–Trinajstić information content (AvgIpc) is 4.29. The Morgan fingerprint density at radius 1 is 0.430 bits per heavy atom. The van der Waals surface area contributed by atoms with Crippen LogP contribution in [0.1, 0.15) is 269 Å².